The molecule has 3 nitrogen and oxygen atoms in total. The van der Waals surface area contributed by atoms with Crippen LogP contribution >= 0.6 is 22.9 Å². The Hall–Kier alpha value is -0.610. The number of alkyl halides is 1. The lowest BCUT2D eigenvalue weighted by molar-refractivity contribution is 0.0932. The fourth-order valence-corrected chi connectivity index (χ4v) is 2.98. The third kappa shape index (κ3) is 2.74. The molecular formula is C11H15ClN2OS. The third-order valence-corrected chi connectivity index (χ3v) is 4.28. The molecule has 0 saturated heterocycles. The van der Waals surface area contributed by atoms with Crippen molar-refractivity contribution >= 4 is 28.8 Å². The third-order valence-electron chi connectivity index (χ3n) is 2.84. The highest BCUT2D eigenvalue weighted by atomic mass is 35.5. The Labute approximate surface area is 104 Å². The van der Waals surface area contributed by atoms with Gasteiger partial charge in [-0.05, 0) is 19.8 Å². The van der Waals surface area contributed by atoms with E-state index in [0.717, 1.165) is 24.3 Å². The van der Waals surface area contributed by atoms with E-state index in [2.05, 4.69) is 10.3 Å². The molecule has 1 N–H and O–H groups in total. The van der Waals surface area contributed by atoms with Gasteiger partial charge < -0.3 is 5.32 Å². The Balaban J connectivity index is 1.96. The molecule has 0 aromatic carbocycles. The molecule has 0 spiro atoms. The molecule has 2 unspecified atom stereocenters. The van der Waals surface area contributed by atoms with Crippen molar-refractivity contribution in [3.8, 4) is 0 Å². The number of carbonyl (C=O) groups excluding carboxylic acids is 1. The van der Waals surface area contributed by atoms with Gasteiger partial charge in [0.05, 0.1) is 16.6 Å². The van der Waals surface area contributed by atoms with Crippen LogP contribution in [0.5, 0.6) is 0 Å². The molecular weight excluding hydrogens is 244 g/mol. The summed E-state index contributed by atoms with van der Waals surface area (Å²) in [5, 5.41) is 3.99. The van der Waals surface area contributed by atoms with E-state index in [-0.39, 0.29) is 17.3 Å². The number of carbonyl (C=O) groups is 1. The normalized spacial score (nSPS) is 25.4. The SMILES string of the molecule is Cc1ncc(C(=O)NC2CCCCC2Cl)s1. The van der Waals surface area contributed by atoms with E-state index in [1.807, 2.05) is 6.92 Å². The molecule has 2 rings (SSSR count). The molecule has 1 heterocycles. The smallest absolute Gasteiger partial charge is 0.263 e. The molecule has 1 amide bonds. The Bertz CT molecular complexity index is 380. The first kappa shape index (κ1) is 11.9. The zero-order chi connectivity index (χ0) is 11.5. The molecule has 2 atom stereocenters. The van der Waals surface area contributed by atoms with E-state index in [9.17, 15) is 4.79 Å². The summed E-state index contributed by atoms with van der Waals surface area (Å²) in [6, 6.07) is 0.116. The van der Waals surface area contributed by atoms with Crippen LogP contribution in [0.2, 0.25) is 0 Å². The summed E-state index contributed by atoms with van der Waals surface area (Å²) < 4.78 is 0. The standard InChI is InChI=1S/C11H15ClN2OS/c1-7-13-6-10(16-7)11(15)14-9-5-3-2-4-8(9)12/h6,8-9H,2-5H2,1H3,(H,14,15). The fourth-order valence-electron chi connectivity index (χ4n) is 1.95. The maximum atomic E-state index is 11.9. The first-order valence-electron chi connectivity index (χ1n) is 5.54. The number of hydrogen-bond acceptors (Lipinski definition) is 3. The Morgan fingerprint density at radius 2 is 2.31 bits per heavy atom. The lowest BCUT2D eigenvalue weighted by atomic mass is 9.95. The molecule has 0 bridgehead atoms. The van der Waals surface area contributed by atoms with Crippen LogP contribution in [0.4, 0.5) is 0 Å². The number of amides is 1. The zero-order valence-corrected chi connectivity index (χ0v) is 10.8. The van der Waals surface area contributed by atoms with Crippen LogP contribution in [0, 0.1) is 6.92 Å². The van der Waals surface area contributed by atoms with Gasteiger partial charge in [0, 0.05) is 6.04 Å². The molecule has 1 aliphatic carbocycles. The molecule has 1 aromatic heterocycles. The van der Waals surface area contributed by atoms with E-state index in [4.69, 9.17) is 11.6 Å². The van der Waals surface area contributed by atoms with Crippen LogP contribution in [-0.2, 0) is 0 Å². The second-order valence-corrected chi connectivity index (χ2v) is 5.92. The van der Waals surface area contributed by atoms with Crippen LogP contribution in [0.15, 0.2) is 6.20 Å². The molecule has 1 saturated carbocycles. The van der Waals surface area contributed by atoms with Crippen molar-refractivity contribution in [1.82, 2.24) is 10.3 Å². The van der Waals surface area contributed by atoms with Crippen LogP contribution < -0.4 is 5.32 Å². The van der Waals surface area contributed by atoms with Crippen LogP contribution in [0.25, 0.3) is 0 Å². The lowest BCUT2D eigenvalue weighted by Gasteiger charge is -2.27. The number of halogens is 1. The van der Waals surface area contributed by atoms with Gasteiger partial charge in [0.2, 0.25) is 0 Å². The Kier molecular flexibility index (Phi) is 3.82. The van der Waals surface area contributed by atoms with Gasteiger partial charge in [-0.15, -0.1) is 22.9 Å². The minimum Gasteiger partial charge on any atom is -0.347 e. The van der Waals surface area contributed by atoms with Crippen molar-refractivity contribution in [3.63, 3.8) is 0 Å². The number of nitrogens with one attached hydrogen (secondary N) is 1. The second kappa shape index (κ2) is 5.15. The summed E-state index contributed by atoms with van der Waals surface area (Å²) in [6.07, 6.45) is 5.92. The Morgan fingerprint density at radius 1 is 1.56 bits per heavy atom. The van der Waals surface area contributed by atoms with Crippen molar-refractivity contribution in [2.75, 3.05) is 0 Å². The van der Waals surface area contributed by atoms with Crippen LogP contribution in [0.3, 0.4) is 0 Å². The first-order valence-corrected chi connectivity index (χ1v) is 6.79. The van der Waals surface area contributed by atoms with Gasteiger partial charge in [-0.2, -0.15) is 0 Å². The fraction of sp³-hybridized carbons (Fsp3) is 0.636. The minimum atomic E-state index is -0.0388. The van der Waals surface area contributed by atoms with E-state index < -0.39 is 0 Å². The summed E-state index contributed by atoms with van der Waals surface area (Å²) in [5.41, 5.74) is 0. The van der Waals surface area contributed by atoms with Gasteiger partial charge in [0.25, 0.3) is 5.91 Å². The van der Waals surface area contributed by atoms with E-state index in [1.54, 1.807) is 6.20 Å². The van der Waals surface area contributed by atoms with Gasteiger partial charge in [0.1, 0.15) is 4.88 Å². The summed E-state index contributed by atoms with van der Waals surface area (Å²) in [7, 11) is 0. The number of thiazole rings is 1. The van der Waals surface area contributed by atoms with Crippen molar-refractivity contribution in [3.05, 3.63) is 16.1 Å². The quantitative estimate of drug-likeness (QED) is 0.829. The van der Waals surface area contributed by atoms with Gasteiger partial charge in [-0.1, -0.05) is 12.8 Å². The highest BCUT2D eigenvalue weighted by Gasteiger charge is 2.25. The molecule has 0 aliphatic heterocycles. The monoisotopic (exact) mass is 258 g/mol. The van der Waals surface area contributed by atoms with Crippen molar-refractivity contribution in [2.45, 2.75) is 44.0 Å². The minimum absolute atomic E-state index is 0.0388. The molecule has 1 aliphatic rings. The summed E-state index contributed by atoms with van der Waals surface area (Å²) >= 11 is 7.61. The predicted molar refractivity (Wildman–Crippen MR) is 66.2 cm³/mol. The average molecular weight is 259 g/mol. The van der Waals surface area contributed by atoms with E-state index in [0.29, 0.717) is 4.88 Å². The van der Waals surface area contributed by atoms with Gasteiger partial charge in [0.15, 0.2) is 0 Å². The van der Waals surface area contributed by atoms with E-state index >= 15 is 0 Å². The molecule has 16 heavy (non-hydrogen) atoms. The Morgan fingerprint density at radius 3 is 2.94 bits per heavy atom. The molecule has 1 aromatic rings. The second-order valence-electron chi connectivity index (χ2n) is 4.12. The topological polar surface area (TPSA) is 42.0 Å². The lowest BCUT2D eigenvalue weighted by Crippen LogP contribution is -2.42. The van der Waals surface area contributed by atoms with Gasteiger partial charge in [-0.3, -0.25) is 4.79 Å². The maximum absolute atomic E-state index is 11.9. The zero-order valence-electron chi connectivity index (χ0n) is 9.20. The van der Waals surface area contributed by atoms with Gasteiger partial charge >= 0.3 is 0 Å². The van der Waals surface area contributed by atoms with Crippen molar-refractivity contribution in [1.29, 1.82) is 0 Å². The summed E-state index contributed by atoms with van der Waals surface area (Å²) in [6.45, 7) is 1.90. The molecule has 0 radical (unpaired) electrons. The van der Waals surface area contributed by atoms with Crippen molar-refractivity contribution in [2.24, 2.45) is 0 Å². The maximum Gasteiger partial charge on any atom is 0.263 e. The van der Waals surface area contributed by atoms with E-state index in [1.165, 1.54) is 17.8 Å². The number of rotatable bonds is 2. The largest absolute Gasteiger partial charge is 0.347 e. The first-order chi connectivity index (χ1) is 7.66. The number of aryl methyl sites for hydroxylation is 1. The van der Waals surface area contributed by atoms with Crippen LogP contribution in [-0.4, -0.2) is 22.3 Å². The number of hydrogen-bond donors (Lipinski definition) is 1. The molecule has 88 valence electrons. The number of aromatic nitrogens is 1. The average Bonchev–Trinajstić information content (AvgIpc) is 2.68. The summed E-state index contributed by atoms with van der Waals surface area (Å²) in [4.78, 5) is 16.6. The molecule has 5 heteroatoms. The molecule has 1 fully saturated rings. The predicted octanol–water partition coefficient (Wildman–Crippen LogP) is 2.73. The highest BCUT2D eigenvalue weighted by molar-refractivity contribution is 7.13. The summed E-state index contributed by atoms with van der Waals surface area (Å²) in [5.74, 6) is -0.0388. The number of nitrogens with zero attached hydrogens (tertiary/aromatic N) is 1. The van der Waals surface area contributed by atoms with Crippen LogP contribution in [0.1, 0.15) is 40.4 Å². The van der Waals surface area contributed by atoms with Gasteiger partial charge in [-0.25, -0.2) is 4.98 Å². The van der Waals surface area contributed by atoms with Crippen molar-refractivity contribution < 1.29 is 4.79 Å². The highest BCUT2D eigenvalue weighted by Crippen LogP contribution is 2.23.